The highest BCUT2D eigenvalue weighted by atomic mass is 16.4. The lowest BCUT2D eigenvalue weighted by atomic mass is 10.1. The lowest BCUT2D eigenvalue weighted by molar-refractivity contribution is -0.139. The fourth-order valence-electron chi connectivity index (χ4n) is 2.59. The van der Waals surface area contributed by atoms with E-state index in [2.05, 4.69) is 26.3 Å². The molecule has 0 radical (unpaired) electrons. The molecule has 0 spiro atoms. The number of guanidine groups is 1. The molecule has 0 rings (SSSR count). The molecule has 13 N–H and O–H groups in total. The first-order valence-electron chi connectivity index (χ1n) is 10.9. The molecule has 5 amide bonds. The van der Waals surface area contributed by atoms with Crippen LogP contribution in [0.3, 0.4) is 0 Å². The molecular formula is C19H35N9O8. The molecule has 0 saturated carbocycles. The number of hydrogen-bond donors (Lipinski definition) is 10. The van der Waals surface area contributed by atoms with Gasteiger partial charge in [0.25, 0.3) is 0 Å². The molecule has 0 aliphatic rings. The number of carbonyl (C=O) groups excluding carboxylic acids is 5. The van der Waals surface area contributed by atoms with E-state index in [4.69, 9.17) is 22.3 Å². The van der Waals surface area contributed by atoms with Crippen molar-refractivity contribution in [2.75, 3.05) is 26.2 Å². The van der Waals surface area contributed by atoms with Crippen molar-refractivity contribution in [3.05, 3.63) is 0 Å². The first kappa shape index (κ1) is 32.0. The summed E-state index contributed by atoms with van der Waals surface area (Å²) < 4.78 is 0. The fourth-order valence-corrected chi connectivity index (χ4v) is 2.59. The van der Waals surface area contributed by atoms with Gasteiger partial charge >= 0.3 is 5.97 Å². The summed E-state index contributed by atoms with van der Waals surface area (Å²) >= 11 is 0. The standard InChI is InChI=1S/C19H35N9O8/c1-9(25-13(30)6-20)15(33)26-10(2)16(34)27-11(4-3-5-23-19(21)22)18(36)28-12(8-29)17(35)24-7-14(31)32/h9-12,29H,3-8,20H2,1-2H3,(H,24,35)(H,25,30)(H,26,33)(H,27,34)(H,28,36)(H,31,32)(H4,21,22,23)/t9-,10-,11-,12-/m0/s1. The average molecular weight is 518 g/mol. The summed E-state index contributed by atoms with van der Waals surface area (Å²) in [5.41, 5.74) is 15.7. The Balaban J connectivity index is 5.29. The third-order valence-electron chi connectivity index (χ3n) is 4.52. The smallest absolute Gasteiger partial charge is 0.322 e. The van der Waals surface area contributed by atoms with Gasteiger partial charge in [-0.2, -0.15) is 0 Å². The normalized spacial score (nSPS) is 13.7. The molecule has 0 unspecified atom stereocenters. The molecule has 36 heavy (non-hydrogen) atoms. The predicted octanol–water partition coefficient (Wildman–Crippen LogP) is -5.83. The summed E-state index contributed by atoms with van der Waals surface area (Å²) in [7, 11) is 0. The molecule has 0 bridgehead atoms. The van der Waals surface area contributed by atoms with Gasteiger partial charge in [0.05, 0.1) is 13.2 Å². The van der Waals surface area contributed by atoms with Crippen molar-refractivity contribution in [3.63, 3.8) is 0 Å². The van der Waals surface area contributed by atoms with E-state index in [0.29, 0.717) is 0 Å². The Bertz CT molecular complexity index is 832. The molecule has 17 heteroatoms. The summed E-state index contributed by atoms with van der Waals surface area (Å²) in [5.74, 6) is -5.33. The lowest BCUT2D eigenvalue weighted by Crippen LogP contribution is -2.58. The first-order chi connectivity index (χ1) is 16.8. The average Bonchev–Trinajstić information content (AvgIpc) is 2.81. The van der Waals surface area contributed by atoms with E-state index in [1.165, 1.54) is 13.8 Å². The SMILES string of the molecule is C[C@H](NC(=O)CN)C(=O)N[C@@H](C)C(=O)N[C@@H](CCCN=C(N)N)C(=O)N[C@@H](CO)C(=O)NCC(=O)O. The van der Waals surface area contributed by atoms with E-state index in [9.17, 15) is 33.9 Å². The highest BCUT2D eigenvalue weighted by Crippen LogP contribution is 2.01. The summed E-state index contributed by atoms with van der Waals surface area (Å²) in [6.45, 7) is 0.950. The Labute approximate surface area is 207 Å². The molecule has 0 aliphatic carbocycles. The minimum absolute atomic E-state index is 0.00682. The summed E-state index contributed by atoms with van der Waals surface area (Å²) in [6.07, 6.45) is 0.237. The maximum absolute atomic E-state index is 12.8. The van der Waals surface area contributed by atoms with Gasteiger partial charge in [0, 0.05) is 6.54 Å². The van der Waals surface area contributed by atoms with Crippen LogP contribution in [0.4, 0.5) is 0 Å². The second-order valence-corrected chi connectivity index (χ2v) is 7.59. The molecule has 17 nitrogen and oxygen atoms in total. The zero-order valence-corrected chi connectivity index (χ0v) is 20.1. The number of aliphatic carboxylic acids is 1. The highest BCUT2D eigenvalue weighted by molar-refractivity contribution is 5.95. The van der Waals surface area contributed by atoms with Crippen molar-refractivity contribution in [3.8, 4) is 0 Å². The molecule has 0 saturated heterocycles. The van der Waals surface area contributed by atoms with Gasteiger partial charge in [-0.3, -0.25) is 33.8 Å². The monoisotopic (exact) mass is 517 g/mol. The minimum atomic E-state index is -1.49. The quantitative estimate of drug-likeness (QED) is 0.0522. The Morgan fingerprint density at radius 1 is 0.833 bits per heavy atom. The number of carboxylic acids is 1. The van der Waals surface area contributed by atoms with Crippen LogP contribution in [-0.2, 0) is 28.8 Å². The van der Waals surface area contributed by atoms with Gasteiger partial charge in [0.2, 0.25) is 29.5 Å². The maximum atomic E-state index is 12.8. The van der Waals surface area contributed by atoms with Crippen LogP contribution in [0.1, 0.15) is 26.7 Å². The van der Waals surface area contributed by atoms with Gasteiger partial charge in [-0.1, -0.05) is 0 Å². The van der Waals surface area contributed by atoms with Crippen LogP contribution in [0.2, 0.25) is 0 Å². The Kier molecular flexibility index (Phi) is 14.8. The summed E-state index contributed by atoms with van der Waals surface area (Å²) in [4.78, 5) is 75.3. The Morgan fingerprint density at radius 3 is 1.92 bits per heavy atom. The van der Waals surface area contributed by atoms with Gasteiger partial charge in [-0.15, -0.1) is 0 Å². The van der Waals surface area contributed by atoms with Crippen LogP contribution in [0, 0.1) is 0 Å². The second-order valence-electron chi connectivity index (χ2n) is 7.59. The number of aliphatic imine (C=N–C) groups is 1. The Hall–Kier alpha value is -3.99. The van der Waals surface area contributed by atoms with Crippen LogP contribution >= 0.6 is 0 Å². The van der Waals surface area contributed by atoms with Crippen LogP contribution in [-0.4, -0.2) is 102 Å². The zero-order chi connectivity index (χ0) is 27.8. The van der Waals surface area contributed by atoms with E-state index in [1.807, 2.05) is 5.32 Å². The van der Waals surface area contributed by atoms with Gasteiger partial charge < -0.3 is 54.0 Å². The molecule has 0 fully saturated rings. The molecular weight excluding hydrogens is 482 g/mol. The summed E-state index contributed by atoms with van der Waals surface area (Å²) in [6, 6.07) is -4.83. The lowest BCUT2D eigenvalue weighted by Gasteiger charge is -2.24. The molecule has 0 aromatic carbocycles. The number of nitrogens with zero attached hydrogens (tertiary/aromatic N) is 1. The molecule has 0 aromatic rings. The van der Waals surface area contributed by atoms with Crippen LogP contribution in [0.15, 0.2) is 4.99 Å². The van der Waals surface area contributed by atoms with Gasteiger partial charge in [0.1, 0.15) is 30.7 Å². The molecule has 4 atom stereocenters. The van der Waals surface area contributed by atoms with Crippen molar-refractivity contribution in [2.45, 2.75) is 50.9 Å². The van der Waals surface area contributed by atoms with Crippen molar-refractivity contribution in [1.29, 1.82) is 0 Å². The minimum Gasteiger partial charge on any atom is -0.480 e. The highest BCUT2D eigenvalue weighted by Gasteiger charge is 2.28. The number of amides is 5. The number of aliphatic hydroxyl groups is 1. The number of carboxylic acid groups (broad SMARTS) is 1. The van der Waals surface area contributed by atoms with Crippen molar-refractivity contribution in [1.82, 2.24) is 26.6 Å². The van der Waals surface area contributed by atoms with Crippen LogP contribution < -0.4 is 43.8 Å². The molecule has 0 aromatic heterocycles. The van der Waals surface area contributed by atoms with Crippen molar-refractivity contribution in [2.24, 2.45) is 22.2 Å². The van der Waals surface area contributed by atoms with E-state index in [-0.39, 0.29) is 31.9 Å². The van der Waals surface area contributed by atoms with Gasteiger partial charge in [-0.05, 0) is 26.7 Å². The first-order valence-corrected chi connectivity index (χ1v) is 10.9. The zero-order valence-electron chi connectivity index (χ0n) is 20.1. The van der Waals surface area contributed by atoms with E-state index < -0.39 is 72.8 Å². The molecule has 0 heterocycles. The largest absolute Gasteiger partial charge is 0.480 e. The third-order valence-corrected chi connectivity index (χ3v) is 4.52. The van der Waals surface area contributed by atoms with E-state index in [1.54, 1.807) is 0 Å². The number of rotatable bonds is 16. The fraction of sp³-hybridized carbons (Fsp3) is 0.632. The van der Waals surface area contributed by atoms with Crippen molar-refractivity contribution >= 4 is 41.5 Å². The van der Waals surface area contributed by atoms with Crippen LogP contribution in [0.5, 0.6) is 0 Å². The maximum Gasteiger partial charge on any atom is 0.322 e. The predicted molar refractivity (Wildman–Crippen MR) is 126 cm³/mol. The number of nitrogens with one attached hydrogen (secondary N) is 5. The topological polar surface area (TPSA) is 293 Å². The second kappa shape index (κ2) is 16.6. The van der Waals surface area contributed by atoms with Crippen LogP contribution in [0.25, 0.3) is 0 Å². The van der Waals surface area contributed by atoms with Crippen molar-refractivity contribution < 1.29 is 39.0 Å². The molecule has 204 valence electrons. The van der Waals surface area contributed by atoms with E-state index in [0.717, 1.165) is 0 Å². The molecule has 0 aliphatic heterocycles. The number of carbonyl (C=O) groups is 6. The third kappa shape index (κ3) is 13.0. The van der Waals surface area contributed by atoms with Gasteiger partial charge in [-0.25, -0.2) is 0 Å². The van der Waals surface area contributed by atoms with E-state index >= 15 is 0 Å². The number of hydrogen-bond acceptors (Lipinski definition) is 9. The number of aliphatic hydroxyl groups excluding tert-OH is 1. The van der Waals surface area contributed by atoms with Gasteiger partial charge in [0.15, 0.2) is 5.96 Å². The summed E-state index contributed by atoms with van der Waals surface area (Å²) in [5, 5.41) is 29.5. The Morgan fingerprint density at radius 2 is 1.39 bits per heavy atom. The number of nitrogens with two attached hydrogens (primary N) is 3.